The van der Waals surface area contributed by atoms with Gasteiger partial charge in [-0.25, -0.2) is 0 Å². The van der Waals surface area contributed by atoms with E-state index in [1.807, 2.05) is 42.5 Å². The lowest BCUT2D eigenvalue weighted by Gasteiger charge is -2.07. The summed E-state index contributed by atoms with van der Waals surface area (Å²) >= 11 is 0. The van der Waals surface area contributed by atoms with Gasteiger partial charge in [0.25, 0.3) is 0 Å². The van der Waals surface area contributed by atoms with Crippen LogP contribution in [0, 0.1) is 0 Å². The SMILES string of the molecule is Cl.NCc1ccc(NC(=O)CCCOCCc2ccccc2)cc1. The summed E-state index contributed by atoms with van der Waals surface area (Å²) in [6, 6.07) is 17.8. The van der Waals surface area contributed by atoms with Crippen LogP contribution in [0.3, 0.4) is 0 Å². The molecule has 0 aliphatic heterocycles. The molecular formula is C19H25ClN2O2. The molecule has 130 valence electrons. The molecular weight excluding hydrogens is 324 g/mol. The molecule has 4 nitrogen and oxygen atoms in total. The summed E-state index contributed by atoms with van der Waals surface area (Å²) in [7, 11) is 0. The molecule has 3 N–H and O–H groups in total. The minimum absolute atomic E-state index is 0. The first-order chi connectivity index (χ1) is 11.3. The lowest BCUT2D eigenvalue weighted by Crippen LogP contribution is -2.12. The highest BCUT2D eigenvalue weighted by Crippen LogP contribution is 2.09. The Labute approximate surface area is 149 Å². The van der Waals surface area contributed by atoms with E-state index in [9.17, 15) is 4.79 Å². The highest BCUT2D eigenvalue weighted by molar-refractivity contribution is 5.90. The molecule has 0 heterocycles. The number of anilines is 1. The molecule has 24 heavy (non-hydrogen) atoms. The Balaban J connectivity index is 0.00000288. The zero-order valence-corrected chi connectivity index (χ0v) is 14.6. The summed E-state index contributed by atoms with van der Waals surface area (Å²) in [5.74, 6) is 0.0113. The van der Waals surface area contributed by atoms with Crippen molar-refractivity contribution in [3.05, 3.63) is 65.7 Å². The minimum atomic E-state index is 0. The molecule has 0 saturated carbocycles. The van der Waals surface area contributed by atoms with Crippen molar-refractivity contribution >= 4 is 24.0 Å². The predicted molar refractivity (Wildman–Crippen MR) is 100 cm³/mol. The van der Waals surface area contributed by atoms with Crippen LogP contribution in [0.4, 0.5) is 5.69 Å². The van der Waals surface area contributed by atoms with E-state index in [-0.39, 0.29) is 18.3 Å². The molecule has 0 spiro atoms. The highest BCUT2D eigenvalue weighted by Gasteiger charge is 2.02. The maximum absolute atomic E-state index is 11.8. The molecule has 0 radical (unpaired) electrons. The van der Waals surface area contributed by atoms with Crippen molar-refractivity contribution in [2.24, 2.45) is 5.73 Å². The number of nitrogens with two attached hydrogens (primary N) is 1. The number of amides is 1. The molecule has 2 aromatic rings. The van der Waals surface area contributed by atoms with Crippen LogP contribution in [0.25, 0.3) is 0 Å². The van der Waals surface area contributed by atoms with E-state index >= 15 is 0 Å². The first-order valence-electron chi connectivity index (χ1n) is 7.98. The van der Waals surface area contributed by atoms with E-state index in [0.717, 1.165) is 24.1 Å². The summed E-state index contributed by atoms with van der Waals surface area (Å²) in [6.45, 7) is 1.80. The van der Waals surface area contributed by atoms with Crippen LogP contribution in [0.1, 0.15) is 24.0 Å². The third-order valence-electron chi connectivity index (χ3n) is 3.54. The van der Waals surface area contributed by atoms with Crippen molar-refractivity contribution in [2.75, 3.05) is 18.5 Å². The Morgan fingerprint density at radius 1 is 0.958 bits per heavy atom. The molecule has 1 amide bonds. The Kier molecular flexibility index (Phi) is 9.77. The van der Waals surface area contributed by atoms with Crippen molar-refractivity contribution in [1.82, 2.24) is 0 Å². The van der Waals surface area contributed by atoms with Crippen LogP contribution in [0.15, 0.2) is 54.6 Å². The van der Waals surface area contributed by atoms with Gasteiger partial charge in [0, 0.05) is 25.3 Å². The van der Waals surface area contributed by atoms with Crippen molar-refractivity contribution in [1.29, 1.82) is 0 Å². The van der Waals surface area contributed by atoms with Gasteiger partial charge in [-0.05, 0) is 36.1 Å². The zero-order valence-electron chi connectivity index (χ0n) is 13.7. The molecule has 0 fully saturated rings. The summed E-state index contributed by atoms with van der Waals surface area (Å²) in [6.07, 6.45) is 2.09. The number of carbonyl (C=O) groups excluding carboxylic acids is 1. The minimum Gasteiger partial charge on any atom is -0.381 e. The number of halogens is 1. The molecule has 0 aliphatic rings. The van der Waals surface area contributed by atoms with Crippen molar-refractivity contribution in [3.63, 3.8) is 0 Å². The van der Waals surface area contributed by atoms with Gasteiger partial charge < -0.3 is 15.8 Å². The van der Waals surface area contributed by atoms with Crippen molar-refractivity contribution < 1.29 is 9.53 Å². The number of rotatable bonds is 9. The number of nitrogens with one attached hydrogen (secondary N) is 1. The lowest BCUT2D eigenvalue weighted by atomic mass is 10.2. The van der Waals surface area contributed by atoms with E-state index in [1.54, 1.807) is 0 Å². The van der Waals surface area contributed by atoms with Crippen molar-refractivity contribution in [3.8, 4) is 0 Å². The third-order valence-corrected chi connectivity index (χ3v) is 3.54. The van der Waals surface area contributed by atoms with Crippen LogP contribution in [0.2, 0.25) is 0 Å². The second-order valence-corrected chi connectivity index (χ2v) is 5.40. The van der Waals surface area contributed by atoms with Crippen molar-refractivity contribution in [2.45, 2.75) is 25.8 Å². The fourth-order valence-corrected chi connectivity index (χ4v) is 2.22. The van der Waals surface area contributed by atoms with Gasteiger partial charge in [0.05, 0.1) is 6.61 Å². The average Bonchev–Trinajstić information content (AvgIpc) is 2.59. The zero-order chi connectivity index (χ0) is 16.3. The topological polar surface area (TPSA) is 64.3 Å². The van der Waals surface area contributed by atoms with Crippen LogP contribution >= 0.6 is 12.4 Å². The fourth-order valence-electron chi connectivity index (χ4n) is 2.22. The number of carbonyl (C=O) groups is 1. The van der Waals surface area contributed by atoms with Crippen LogP contribution in [-0.4, -0.2) is 19.1 Å². The first kappa shape index (κ1) is 20.2. The third kappa shape index (κ3) is 7.59. The molecule has 0 aliphatic carbocycles. The predicted octanol–water partition coefficient (Wildman–Crippen LogP) is 3.55. The largest absolute Gasteiger partial charge is 0.381 e. The summed E-state index contributed by atoms with van der Waals surface area (Å²) in [5.41, 5.74) is 8.67. The first-order valence-corrected chi connectivity index (χ1v) is 7.98. The van der Waals surface area contributed by atoms with Gasteiger partial charge in [-0.1, -0.05) is 42.5 Å². The molecule has 0 unspecified atom stereocenters. The smallest absolute Gasteiger partial charge is 0.224 e. The van der Waals surface area contributed by atoms with Gasteiger partial charge in [0.2, 0.25) is 5.91 Å². The maximum Gasteiger partial charge on any atom is 0.224 e. The lowest BCUT2D eigenvalue weighted by molar-refractivity contribution is -0.116. The second kappa shape index (κ2) is 11.6. The summed E-state index contributed by atoms with van der Waals surface area (Å²) in [4.78, 5) is 11.8. The molecule has 5 heteroatoms. The van der Waals surface area contributed by atoms with E-state index in [1.165, 1.54) is 5.56 Å². The summed E-state index contributed by atoms with van der Waals surface area (Å²) in [5, 5.41) is 2.87. The Morgan fingerprint density at radius 3 is 2.33 bits per heavy atom. The Morgan fingerprint density at radius 2 is 1.67 bits per heavy atom. The molecule has 2 aromatic carbocycles. The fraction of sp³-hybridized carbons (Fsp3) is 0.316. The standard InChI is InChI=1S/C19H24N2O2.ClH/c20-15-17-8-10-18(11-9-17)21-19(22)7-4-13-23-14-12-16-5-2-1-3-6-16;/h1-3,5-6,8-11H,4,7,12-15,20H2,(H,21,22);1H. The maximum atomic E-state index is 11.8. The quantitative estimate of drug-likeness (QED) is 0.681. The van der Waals surface area contributed by atoms with E-state index < -0.39 is 0 Å². The van der Waals surface area contributed by atoms with E-state index in [0.29, 0.717) is 26.2 Å². The highest BCUT2D eigenvalue weighted by atomic mass is 35.5. The van der Waals surface area contributed by atoms with Crippen LogP contribution < -0.4 is 11.1 Å². The van der Waals surface area contributed by atoms with Gasteiger partial charge in [0.15, 0.2) is 0 Å². The van der Waals surface area contributed by atoms with Crippen LogP contribution in [0.5, 0.6) is 0 Å². The monoisotopic (exact) mass is 348 g/mol. The van der Waals surface area contributed by atoms with Gasteiger partial charge in [0.1, 0.15) is 0 Å². The van der Waals surface area contributed by atoms with Crippen LogP contribution in [-0.2, 0) is 22.5 Å². The second-order valence-electron chi connectivity index (χ2n) is 5.40. The normalized spacial score (nSPS) is 10.0. The number of ether oxygens (including phenoxy) is 1. The molecule has 0 bridgehead atoms. The molecule has 2 rings (SSSR count). The van der Waals surface area contributed by atoms with Gasteiger partial charge in [-0.2, -0.15) is 0 Å². The Bertz CT molecular complexity index is 588. The number of hydrogen-bond donors (Lipinski definition) is 2. The van der Waals surface area contributed by atoms with Gasteiger partial charge in [-0.3, -0.25) is 4.79 Å². The van der Waals surface area contributed by atoms with E-state index in [4.69, 9.17) is 10.5 Å². The van der Waals surface area contributed by atoms with Gasteiger partial charge in [-0.15, -0.1) is 12.4 Å². The molecule has 0 aromatic heterocycles. The number of hydrogen-bond acceptors (Lipinski definition) is 3. The Hall–Kier alpha value is -1.88. The molecule has 0 atom stereocenters. The number of benzene rings is 2. The van der Waals surface area contributed by atoms with E-state index in [2.05, 4.69) is 17.4 Å². The molecule has 0 saturated heterocycles. The van der Waals surface area contributed by atoms with Gasteiger partial charge >= 0.3 is 0 Å². The average molecular weight is 349 g/mol. The summed E-state index contributed by atoms with van der Waals surface area (Å²) < 4.78 is 5.57.